The lowest BCUT2D eigenvalue weighted by atomic mass is 10.2. The van der Waals surface area contributed by atoms with Gasteiger partial charge in [-0.1, -0.05) is 0 Å². The maximum absolute atomic E-state index is 12.4. The van der Waals surface area contributed by atoms with Crippen molar-refractivity contribution in [2.75, 3.05) is 12.4 Å². The Morgan fingerprint density at radius 3 is 2.76 bits per heavy atom. The van der Waals surface area contributed by atoms with Crippen LogP contribution >= 0.6 is 49.9 Å². The van der Waals surface area contributed by atoms with Crippen LogP contribution < -0.4 is 5.32 Å². The Labute approximate surface area is 148 Å². The highest BCUT2D eigenvalue weighted by Crippen LogP contribution is 2.29. The van der Waals surface area contributed by atoms with Crippen LogP contribution in [0.4, 0.5) is 5.69 Å². The van der Waals surface area contributed by atoms with Crippen molar-refractivity contribution in [2.24, 2.45) is 0 Å². The zero-order chi connectivity index (χ0) is 15.6. The number of hydrogen-bond acceptors (Lipinski definition) is 4. The number of hydrogen-bond donors (Lipinski definition) is 1. The van der Waals surface area contributed by atoms with E-state index in [4.69, 9.17) is 4.74 Å². The van der Waals surface area contributed by atoms with Gasteiger partial charge >= 0.3 is 5.97 Å². The first-order chi connectivity index (χ1) is 9.93. The molecule has 21 heavy (non-hydrogen) atoms. The number of thiophene rings is 1. The predicted octanol–water partition coefficient (Wildman–Crippen LogP) is 4.46. The van der Waals surface area contributed by atoms with E-state index in [-0.39, 0.29) is 5.91 Å². The van der Waals surface area contributed by atoms with Crippen molar-refractivity contribution in [2.45, 2.75) is 6.92 Å². The number of aryl methyl sites for hydroxylation is 1. The minimum Gasteiger partial charge on any atom is -0.465 e. The van der Waals surface area contributed by atoms with Crippen LogP contribution in [0.1, 0.15) is 25.6 Å². The van der Waals surface area contributed by atoms with Crippen molar-refractivity contribution in [3.63, 3.8) is 0 Å². The topological polar surface area (TPSA) is 55.4 Å². The number of halogens is 2. The highest BCUT2D eigenvalue weighted by atomic mass is 127. The van der Waals surface area contributed by atoms with E-state index in [9.17, 15) is 9.59 Å². The zero-order valence-corrected chi connectivity index (χ0v) is 15.8. The Hall–Kier alpha value is -0.930. The summed E-state index contributed by atoms with van der Waals surface area (Å²) in [5.74, 6) is -0.725. The SMILES string of the molecule is COC(=O)c1scc(C)c1NC(=O)c1cc(I)ccc1Br. The molecule has 0 saturated carbocycles. The summed E-state index contributed by atoms with van der Waals surface area (Å²) in [5.41, 5.74) is 1.85. The Morgan fingerprint density at radius 1 is 1.38 bits per heavy atom. The van der Waals surface area contributed by atoms with Crippen LogP contribution in [0.3, 0.4) is 0 Å². The van der Waals surface area contributed by atoms with Crippen molar-refractivity contribution in [1.29, 1.82) is 0 Å². The number of amides is 1. The molecule has 0 aliphatic rings. The zero-order valence-electron chi connectivity index (χ0n) is 11.2. The van der Waals surface area contributed by atoms with Crippen LogP contribution in [0.5, 0.6) is 0 Å². The average Bonchev–Trinajstić information content (AvgIpc) is 2.82. The molecule has 1 aromatic heterocycles. The minimum absolute atomic E-state index is 0.271. The molecule has 2 aromatic rings. The number of carbonyl (C=O) groups is 2. The second-order valence-electron chi connectivity index (χ2n) is 4.19. The second kappa shape index (κ2) is 6.89. The summed E-state index contributed by atoms with van der Waals surface area (Å²) in [4.78, 5) is 24.5. The van der Waals surface area contributed by atoms with E-state index >= 15 is 0 Å². The highest BCUT2D eigenvalue weighted by molar-refractivity contribution is 14.1. The van der Waals surface area contributed by atoms with Crippen LogP contribution in [0, 0.1) is 10.5 Å². The molecule has 0 fully saturated rings. The van der Waals surface area contributed by atoms with Gasteiger partial charge in [0.05, 0.1) is 18.4 Å². The van der Waals surface area contributed by atoms with E-state index < -0.39 is 5.97 Å². The fraction of sp³-hybridized carbons (Fsp3) is 0.143. The lowest BCUT2D eigenvalue weighted by Crippen LogP contribution is -2.15. The maximum Gasteiger partial charge on any atom is 0.350 e. The lowest BCUT2D eigenvalue weighted by molar-refractivity contribution is 0.0607. The molecule has 0 atom stereocenters. The third-order valence-electron chi connectivity index (χ3n) is 2.76. The van der Waals surface area contributed by atoms with Gasteiger partial charge < -0.3 is 10.1 Å². The summed E-state index contributed by atoms with van der Waals surface area (Å²) < 4.78 is 6.39. The molecule has 0 aliphatic heterocycles. The van der Waals surface area contributed by atoms with Gasteiger partial charge in [0.2, 0.25) is 0 Å². The molecule has 1 N–H and O–H groups in total. The van der Waals surface area contributed by atoms with E-state index in [0.29, 0.717) is 20.6 Å². The second-order valence-corrected chi connectivity index (χ2v) is 7.17. The first kappa shape index (κ1) is 16.4. The molecule has 0 radical (unpaired) electrons. The fourth-order valence-corrected chi connectivity index (χ4v) is 3.53. The first-order valence-corrected chi connectivity index (χ1v) is 8.62. The Morgan fingerprint density at radius 2 is 2.10 bits per heavy atom. The summed E-state index contributed by atoms with van der Waals surface area (Å²) in [7, 11) is 1.32. The molecule has 1 heterocycles. The van der Waals surface area contributed by atoms with Gasteiger partial charge in [-0.15, -0.1) is 11.3 Å². The van der Waals surface area contributed by atoms with Gasteiger partial charge in [0, 0.05) is 8.04 Å². The Kier molecular flexibility index (Phi) is 5.39. The first-order valence-electron chi connectivity index (χ1n) is 5.87. The van der Waals surface area contributed by atoms with Crippen LogP contribution in [0.2, 0.25) is 0 Å². The molecule has 4 nitrogen and oxygen atoms in total. The molecule has 0 saturated heterocycles. The van der Waals surface area contributed by atoms with Gasteiger partial charge in [0.15, 0.2) is 0 Å². The predicted molar refractivity (Wildman–Crippen MR) is 95.2 cm³/mol. The summed E-state index contributed by atoms with van der Waals surface area (Å²) in [6, 6.07) is 5.50. The van der Waals surface area contributed by atoms with Gasteiger partial charge in [0.25, 0.3) is 5.91 Å². The number of nitrogens with one attached hydrogen (secondary N) is 1. The number of rotatable bonds is 3. The third-order valence-corrected chi connectivity index (χ3v) is 5.20. The monoisotopic (exact) mass is 479 g/mol. The van der Waals surface area contributed by atoms with E-state index in [1.165, 1.54) is 18.4 Å². The summed E-state index contributed by atoms with van der Waals surface area (Å²) in [5, 5.41) is 4.61. The van der Waals surface area contributed by atoms with Crippen molar-refractivity contribution < 1.29 is 14.3 Å². The standard InChI is InChI=1S/C14H11BrINO3S/c1-7-6-21-12(14(19)20-2)11(7)17-13(18)9-5-8(16)3-4-10(9)15/h3-6H,1-2H3,(H,17,18). The van der Waals surface area contributed by atoms with Crippen molar-refractivity contribution in [3.8, 4) is 0 Å². The normalized spacial score (nSPS) is 10.3. The van der Waals surface area contributed by atoms with Crippen molar-refractivity contribution >= 4 is 67.4 Å². The van der Waals surface area contributed by atoms with E-state index in [2.05, 4.69) is 43.8 Å². The average molecular weight is 480 g/mol. The number of ether oxygens (including phenoxy) is 1. The van der Waals surface area contributed by atoms with Crippen LogP contribution in [0.15, 0.2) is 28.1 Å². The van der Waals surface area contributed by atoms with E-state index in [1.807, 2.05) is 24.4 Å². The van der Waals surface area contributed by atoms with Gasteiger partial charge in [0.1, 0.15) is 4.88 Å². The lowest BCUT2D eigenvalue weighted by Gasteiger charge is -2.09. The number of esters is 1. The number of carbonyl (C=O) groups excluding carboxylic acids is 2. The quantitative estimate of drug-likeness (QED) is 0.522. The Bertz CT molecular complexity index is 714. The third kappa shape index (κ3) is 3.64. The fourth-order valence-electron chi connectivity index (χ4n) is 1.69. The number of benzene rings is 1. The molecule has 0 unspecified atom stereocenters. The number of methoxy groups -OCH3 is 1. The van der Waals surface area contributed by atoms with Crippen LogP contribution in [0.25, 0.3) is 0 Å². The maximum atomic E-state index is 12.4. The number of anilines is 1. The van der Waals surface area contributed by atoms with Crippen molar-refractivity contribution in [3.05, 3.63) is 47.6 Å². The van der Waals surface area contributed by atoms with Crippen molar-refractivity contribution in [1.82, 2.24) is 0 Å². The largest absolute Gasteiger partial charge is 0.465 e. The molecule has 110 valence electrons. The molecule has 0 aliphatic carbocycles. The molecule has 1 aromatic carbocycles. The molecule has 1 amide bonds. The summed E-state index contributed by atoms with van der Waals surface area (Å²) in [6.07, 6.45) is 0. The van der Waals surface area contributed by atoms with Crippen LogP contribution in [-0.4, -0.2) is 19.0 Å². The molecule has 7 heteroatoms. The molecular weight excluding hydrogens is 469 g/mol. The van der Waals surface area contributed by atoms with Gasteiger partial charge in [-0.3, -0.25) is 4.79 Å². The van der Waals surface area contributed by atoms with Gasteiger partial charge in [-0.05, 0) is 74.6 Å². The highest BCUT2D eigenvalue weighted by Gasteiger charge is 2.20. The summed E-state index contributed by atoms with van der Waals surface area (Å²) >= 11 is 6.75. The molecule has 0 bridgehead atoms. The summed E-state index contributed by atoms with van der Waals surface area (Å²) in [6.45, 7) is 1.84. The minimum atomic E-state index is -0.454. The molecule has 2 rings (SSSR count). The van der Waals surface area contributed by atoms with Gasteiger partial charge in [-0.25, -0.2) is 4.79 Å². The van der Waals surface area contributed by atoms with E-state index in [0.717, 1.165) is 9.13 Å². The Balaban J connectivity index is 2.34. The molecule has 0 spiro atoms. The van der Waals surface area contributed by atoms with Gasteiger partial charge in [-0.2, -0.15) is 0 Å². The smallest absolute Gasteiger partial charge is 0.350 e. The van der Waals surface area contributed by atoms with Crippen LogP contribution in [-0.2, 0) is 4.74 Å². The molecular formula is C14H11BrINO3S. The van der Waals surface area contributed by atoms with E-state index in [1.54, 1.807) is 6.07 Å².